The van der Waals surface area contributed by atoms with E-state index in [0.717, 1.165) is 0 Å². The van der Waals surface area contributed by atoms with Gasteiger partial charge in [0, 0.05) is 0 Å². The zero-order valence-corrected chi connectivity index (χ0v) is 7.20. The Morgan fingerprint density at radius 3 is 2.00 bits per heavy atom. The summed E-state index contributed by atoms with van der Waals surface area (Å²) in [6, 6.07) is -0.569. The highest BCUT2D eigenvalue weighted by Crippen LogP contribution is 2.00. The van der Waals surface area contributed by atoms with Crippen molar-refractivity contribution in [2.24, 2.45) is 17.4 Å². The Morgan fingerprint density at radius 2 is 1.73 bits per heavy atom. The molecule has 2 atom stereocenters. The van der Waals surface area contributed by atoms with E-state index >= 15 is 0 Å². The van der Waals surface area contributed by atoms with Crippen molar-refractivity contribution in [2.45, 2.75) is 33.0 Å². The van der Waals surface area contributed by atoms with E-state index in [1.165, 1.54) is 0 Å². The third kappa shape index (κ3) is 3.95. The molecule has 0 bridgehead atoms. The summed E-state index contributed by atoms with van der Waals surface area (Å²) in [6.45, 7) is 5.30. The van der Waals surface area contributed by atoms with Gasteiger partial charge in [0.2, 0.25) is 0 Å². The van der Waals surface area contributed by atoms with Crippen LogP contribution in [0.25, 0.3) is 0 Å². The minimum absolute atomic E-state index is 0.0845. The Morgan fingerprint density at radius 1 is 1.27 bits per heavy atom. The fourth-order valence-corrected chi connectivity index (χ4v) is 0.534. The molecular weight excluding hydrogens is 144 g/mol. The molecule has 0 saturated carbocycles. The van der Waals surface area contributed by atoms with Crippen molar-refractivity contribution in [1.29, 1.82) is 0 Å². The number of ether oxygens (including phenoxy) is 1. The van der Waals surface area contributed by atoms with Crippen LogP contribution in [0, 0.1) is 5.92 Å². The van der Waals surface area contributed by atoms with Crippen molar-refractivity contribution in [2.75, 3.05) is 0 Å². The first-order valence-electron chi connectivity index (χ1n) is 3.66. The standard InChI is InChI=1S/C7H16N2O2/c1-4(2)6(9)7(10)11-5(3)8/h4-6H,8-9H2,1-3H3. The molecule has 0 aliphatic carbocycles. The van der Waals surface area contributed by atoms with Crippen molar-refractivity contribution >= 4 is 5.97 Å². The highest BCUT2D eigenvalue weighted by Gasteiger charge is 2.19. The van der Waals surface area contributed by atoms with Crippen LogP contribution in [0.2, 0.25) is 0 Å². The monoisotopic (exact) mass is 160 g/mol. The summed E-state index contributed by atoms with van der Waals surface area (Å²) in [5, 5.41) is 0. The Bertz CT molecular complexity index is 134. The van der Waals surface area contributed by atoms with Crippen LogP contribution in [-0.2, 0) is 9.53 Å². The number of rotatable bonds is 3. The van der Waals surface area contributed by atoms with Gasteiger partial charge in [0.25, 0.3) is 0 Å². The minimum Gasteiger partial charge on any atom is -0.446 e. The van der Waals surface area contributed by atoms with E-state index in [4.69, 9.17) is 11.5 Å². The number of esters is 1. The Kier molecular flexibility index (Phi) is 4.07. The van der Waals surface area contributed by atoms with Gasteiger partial charge in [-0.1, -0.05) is 13.8 Å². The van der Waals surface area contributed by atoms with E-state index in [0.29, 0.717) is 0 Å². The average molecular weight is 160 g/mol. The summed E-state index contributed by atoms with van der Waals surface area (Å²) in [7, 11) is 0. The number of hydrogen-bond acceptors (Lipinski definition) is 4. The fourth-order valence-electron chi connectivity index (χ4n) is 0.534. The van der Waals surface area contributed by atoms with Crippen LogP contribution in [0.3, 0.4) is 0 Å². The van der Waals surface area contributed by atoms with E-state index in [1.807, 2.05) is 13.8 Å². The molecule has 0 fully saturated rings. The van der Waals surface area contributed by atoms with E-state index < -0.39 is 18.2 Å². The van der Waals surface area contributed by atoms with Gasteiger partial charge < -0.3 is 10.5 Å². The Labute approximate surface area is 66.9 Å². The van der Waals surface area contributed by atoms with Crippen LogP contribution in [-0.4, -0.2) is 18.2 Å². The van der Waals surface area contributed by atoms with Crippen molar-refractivity contribution in [3.8, 4) is 0 Å². The molecule has 66 valence electrons. The normalized spacial score (nSPS) is 16.2. The lowest BCUT2D eigenvalue weighted by molar-refractivity contribution is -0.150. The van der Waals surface area contributed by atoms with Crippen molar-refractivity contribution in [1.82, 2.24) is 0 Å². The van der Waals surface area contributed by atoms with Crippen LogP contribution in [0.15, 0.2) is 0 Å². The summed E-state index contributed by atoms with van der Waals surface area (Å²) in [5.41, 5.74) is 10.7. The first kappa shape index (κ1) is 10.4. The van der Waals surface area contributed by atoms with Gasteiger partial charge in [0.1, 0.15) is 12.3 Å². The van der Waals surface area contributed by atoms with Gasteiger partial charge in [-0.3, -0.25) is 10.5 Å². The minimum atomic E-state index is -0.577. The summed E-state index contributed by atoms with van der Waals surface area (Å²) in [5.74, 6) is -0.351. The lowest BCUT2D eigenvalue weighted by atomic mass is 10.1. The number of hydrogen-bond donors (Lipinski definition) is 2. The molecule has 0 aromatic heterocycles. The highest BCUT2D eigenvalue weighted by molar-refractivity contribution is 5.75. The molecule has 2 unspecified atom stereocenters. The first-order valence-corrected chi connectivity index (χ1v) is 3.66. The molecule has 0 spiro atoms. The number of carbonyl (C=O) groups excluding carboxylic acids is 1. The molecule has 0 aromatic carbocycles. The molecule has 0 radical (unpaired) electrons. The Balaban J connectivity index is 3.83. The molecule has 0 aliphatic heterocycles. The quantitative estimate of drug-likeness (QED) is 0.443. The summed E-state index contributed by atoms with van der Waals surface area (Å²) < 4.78 is 4.69. The van der Waals surface area contributed by atoms with Gasteiger partial charge in [-0.15, -0.1) is 0 Å². The smallest absolute Gasteiger partial charge is 0.324 e. The maximum absolute atomic E-state index is 11.0. The third-order valence-corrected chi connectivity index (χ3v) is 1.29. The van der Waals surface area contributed by atoms with E-state index in [-0.39, 0.29) is 5.92 Å². The lowest BCUT2D eigenvalue weighted by Crippen LogP contribution is -2.40. The largest absolute Gasteiger partial charge is 0.446 e. The lowest BCUT2D eigenvalue weighted by Gasteiger charge is -2.15. The average Bonchev–Trinajstić information content (AvgIpc) is 1.84. The van der Waals surface area contributed by atoms with E-state index in [9.17, 15) is 4.79 Å². The predicted octanol–water partition coefficient (Wildman–Crippen LogP) is -0.182. The van der Waals surface area contributed by atoms with Gasteiger partial charge in [0.05, 0.1) is 0 Å². The van der Waals surface area contributed by atoms with Crippen LogP contribution < -0.4 is 11.5 Å². The molecule has 4 nitrogen and oxygen atoms in total. The third-order valence-electron chi connectivity index (χ3n) is 1.29. The molecule has 0 heterocycles. The van der Waals surface area contributed by atoms with Crippen LogP contribution in [0.1, 0.15) is 20.8 Å². The molecule has 0 saturated heterocycles. The molecule has 11 heavy (non-hydrogen) atoms. The van der Waals surface area contributed by atoms with Crippen LogP contribution in [0.5, 0.6) is 0 Å². The van der Waals surface area contributed by atoms with Gasteiger partial charge in [-0.25, -0.2) is 0 Å². The van der Waals surface area contributed by atoms with Gasteiger partial charge >= 0.3 is 5.97 Å². The topological polar surface area (TPSA) is 78.3 Å². The number of carbonyl (C=O) groups is 1. The number of nitrogens with two attached hydrogens (primary N) is 2. The highest BCUT2D eigenvalue weighted by atomic mass is 16.6. The molecule has 0 aromatic rings. The second kappa shape index (κ2) is 4.31. The Hall–Kier alpha value is -0.610. The van der Waals surface area contributed by atoms with Crippen molar-refractivity contribution < 1.29 is 9.53 Å². The molecule has 0 aliphatic rings. The van der Waals surface area contributed by atoms with Gasteiger partial charge in [-0.2, -0.15) is 0 Å². The van der Waals surface area contributed by atoms with Crippen LogP contribution in [0.4, 0.5) is 0 Å². The van der Waals surface area contributed by atoms with Crippen molar-refractivity contribution in [3.05, 3.63) is 0 Å². The maximum Gasteiger partial charge on any atom is 0.324 e. The zero-order valence-electron chi connectivity index (χ0n) is 7.20. The summed E-state index contributed by atoms with van der Waals surface area (Å²) in [4.78, 5) is 11.0. The van der Waals surface area contributed by atoms with Gasteiger partial charge in [0.15, 0.2) is 0 Å². The summed E-state index contributed by atoms with van der Waals surface area (Å²) >= 11 is 0. The molecule has 4 N–H and O–H groups in total. The summed E-state index contributed by atoms with van der Waals surface area (Å²) in [6.07, 6.45) is -0.577. The van der Waals surface area contributed by atoms with E-state index in [2.05, 4.69) is 4.74 Å². The predicted molar refractivity (Wildman–Crippen MR) is 42.6 cm³/mol. The second-order valence-corrected chi connectivity index (χ2v) is 2.91. The van der Waals surface area contributed by atoms with E-state index in [1.54, 1.807) is 6.92 Å². The first-order chi connectivity index (χ1) is 4.95. The maximum atomic E-state index is 11.0. The van der Waals surface area contributed by atoms with Crippen LogP contribution >= 0.6 is 0 Å². The SMILES string of the molecule is CC(N)OC(=O)C(N)C(C)C. The molecule has 0 amide bonds. The zero-order chi connectivity index (χ0) is 9.02. The van der Waals surface area contributed by atoms with Gasteiger partial charge in [-0.05, 0) is 12.8 Å². The molecular formula is C7H16N2O2. The van der Waals surface area contributed by atoms with Crippen molar-refractivity contribution in [3.63, 3.8) is 0 Å². The molecule has 4 heteroatoms. The fraction of sp³-hybridized carbons (Fsp3) is 0.857. The second-order valence-electron chi connectivity index (χ2n) is 2.91. The molecule has 0 rings (SSSR count).